The molecule has 13 aliphatic rings. The molecule has 0 aromatic heterocycles. The zero-order valence-corrected chi connectivity index (χ0v) is 42.2. The molecule has 5 unspecified atom stereocenters. The lowest BCUT2D eigenvalue weighted by molar-refractivity contribution is -0.852. The molecule has 9 saturated carbocycles. The van der Waals surface area contributed by atoms with Gasteiger partial charge in [-0.1, -0.05) is 103 Å². The van der Waals surface area contributed by atoms with Crippen molar-refractivity contribution in [3.63, 3.8) is 0 Å². The van der Waals surface area contributed by atoms with E-state index in [1.54, 1.807) is 27.8 Å². The van der Waals surface area contributed by atoms with Crippen LogP contribution < -0.4 is 0 Å². The highest BCUT2D eigenvalue weighted by Gasteiger charge is 2.78. The highest BCUT2D eigenvalue weighted by Crippen LogP contribution is 2.67. The number of Topliss-reactive ketones (excluding diaryl/α,β-unsaturated/α-hetero) is 2. The van der Waals surface area contributed by atoms with Crippen LogP contribution in [0.5, 0.6) is 0 Å². The normalized spacial score (nSPS) is 47.3. The Morgan fingerprint density at radius 2 is 1.13 bits per heavy atom. The van der Waals surface area contributed by atoms with E-state index < -0.39 is 6.69 Å². The van der Waals surface area contributed by atoms with E-state index in [0.29, 0.717) is 76.0 Å². The van der Waals surface area contributed by atoms with E-state index in [4.69, 9.17) is 9.31 Å². The molecule has 2 aromatic carbocycles. The van der Waals surface area contributed by atoms with E-state index in [1.807, 2.05) is 0 Å². The Morgan fingerprint density at radius 3 is 1.64 bits per heavy atom. The number of carbonyl (C=O) groups is 4. The first-order chi connectivity index (χ1) is 31.9. The summed E-state index contributed by atoms with van der Waals surface area (Å²) in [5, 5.41) is 0. The fourth-order valence-electron chi connectivity index (χ4n) is 19.1. The second-order valence-corrected chi connectivity index (χ2v) is 26.7. The number of ketones is 2. The maximum absolute atomic E-state index is 12.4. The monoisotopic (exact) mass is 910 g/mol. The molecule has 15 rings (SSSR count). The van der Waals surface area contributed by atoms with Crippen LogP contribution in [-0.2, 0) is 41.3 Å². The Morgan fingerprint density at radius 1 is 0.597 bits per heavy atom. The minimum absolute atomic E-state index is 0.0159. The van der Waals surface area contributed by atoms with Crippen molar-refractivity contribution in [2.24, 2.45) is 69.5 Å². The van der Waals surface area contributed by atoms with Crippen LogP contribution in [0.3, 0.4) is 0 Å². The average molecular weight is 910 g/mol. The first kappa shape index (κ1) is 44.9. The Hall–Kier alpha value is -3.26. The predicted molar refractivity (Wildman–Crippen MR) is 262 cm³/mol. The number of carbonyl (C=O) groups excluding carboxylic acids is 4. The van der Waals surface area contributed by atoms with E-state index in [1.165, 1.54) is 56.9 Å². The fourth-order valence-corrected chi connectivity index (χ4v) is 19.1. The number of aryl methyl sites for hydroxylation is 3. The number of nitrogens with zero attached hydrogens (tertiary/aromatic N) is 1. The highest BCUT2D eigenvalue weighted by atomic mass is 16.7. The van der Waals surface area contributed by atoms with Crippen molar-refractivity contribution in [2.45, 2.75) is 188 Å². The molecule has 2 aromatic rings. The van der Waals surface area contributed by atoms with E-state index in [-0.39, 0.29) is 28.6 Å². The first-order valence-corrected chi connectivity index (χ1v) is 27.6. The van der Waals surface area contributed by atoms with Gasteiger partial charge in [-0.3, -0.25) is 19.2 Å². The molecule has 0 spiro atoms. The van der Waals surface area contributed by atoms with Crippen LogP contribution >= 0.6 is 0 Å². The molecule has 2 aliphatic heterocycles. The van der Waals surface area contributed by atoms with Crippen LogP contribution in [-0.4, -0.2) is 53.7 Å². The van der Waals surface area contributed by atoms with Gasteiger partial charge in [-0.05, 0) is 189 Å². The lowest BCUT2D eigenvalue weighted by Gasteiger charge is -2.66. The molecule has 67 heavy (non-hydrogen) atoms. The maximum Gasteiger partial charge on any atom is 0.587 e. The summed E-state index contributed by atoms with van der Waals surface area (Å²) in [5.41, 5.74) is 9.87. The maximum atomic E-state index is 12.4. The van der Waals surface area contributed by atoms with Crippen LogP contribution in [0.1, 0.15) is 189 Å². The third-order valence-electron chi connectivity index (χ3n) is 23.4. The second kappa shape index (κ2) is 15.4. The smallest absolute Gasteiger partial charge is 0.587 e. The van der Waals surface area contributed by atoms with Gasteiger partial charge < -0.3 is 13.7 Å². The Kier molecular flexibility index (Phi) is 10.3. The number of rotatable bonds is 3. The quantitative estimate of drug-likeness (QED) is 0.285. The highest BCUT2D eigenvalue weighted by molar-refractivity contribution is 6.68. The van der Waals surface area contributed by atoms with Gasteiger partial charge in [0.2, 0.25) is 0 Å². The largest absolute Gasteiger partial charge is 0.600 e. The summed E-state index contributed by atoms with van der Waals surface area (Å²) in [6.45, 7) is 17.2. The van der Waals surface area contributed by atoms with E-state index >= 15 is 0 Å². The molecule has 16 atom stereocenters. The van der Waals surface area contributed by atoms with Crippen molar-refractivity contribution in [1.29, 1.82) is 0 Å². The molecule has 8 heteroatoms. The SMILES string of the molecule is CC1CC1[B-]12OC(=O)C[N+]1([C@H]1CC3C[C@@H]([C@@H]1C)C3(C)C)CC(=O)O2.CC1CC1c1ccc2c(c1)CC[C@@H]1[C@@H]2CC[C@]2(C)C(=O)CC[C@@H]12.Cc1ccc2c(c1)CC[C@@H]1[C@@H]2CC[C@]2(C)C(=O)CC[C@@H]12. The van der Waals surface area contributed by atoms with Gasteiger partial charge in [0.15, 0.2) is 0 Å². The summed E-state index contributed by atoms with van der Waals surface area (Å²) in [7, 11) is 0. The van der Waals surface area contributed by atoms with Crippen LogP contribution in [0, 0.1) is 76.4 Å². The Labute approximate surface area is 401 Å². The first-order valence-electron chi connectivity index (χ1n) is 27.6. The van der Waals surface area contributed by atoms with Gasteiger partial charge in [0.05, 0.1) is 6.04 Å². The Bertz CT molecular complexity index is 2400. The zero-order valence-electron chi connectivity index (χ0n) is 42.2. The van der Waals surface area contributed by atoms with Crippen molar-refractivity contribution < 1.29 is 32.9 Å². The number of fused-ring (bicyclic) bond motifs is 14. The van der Waals surface area contributed by atoms with E-state index in [0.717, 1.165) is 86.9 Å². The third-order valence-corrected chi connectivity index (χ3v) is 23.4. The Balaban J connectivity index is 0.000000105. The fraction of sp³-hybridized carbons (Fsp3) is 0.729. The molecule has 2 saturated heterocycles. The average Bonchev–Trinajstić information content (AvgIpc) is 4.09. The van der Waals surface area contributed by atoms with E-state index in [2.05, 4.69) is 91.8 Å². The number of hydrogen-bond acceptors (Lipinski definition) is 6. The number of quaternary nitrogens is 1. The zero-order chi connectivity index (χ0) is 46.7. The van der Waals surface area contributed by atoms with Gasteiger partial charge in [0, 0.05) is 29.6 Å². The summed E-state index contributed by atoms with van der Waals surface area (Å²) < 4.78 is 12.3. The van der Waals surface area contributed by atoms with E-state index in [9.17, 15) is 19.2 Å². The molecule has 0 amide bonds. The minimum atomic E-state index is -1.84. The molecule has 7 nitrogen and oxygen atoms in total. The predicted octanol–water partition coefficient (Wildman–Crippen LogP) is 12.0. The molecular weight excluding hydrogens is 829 g/mol. The number of hydrogen-bond donors (Lipinski definition) is 0. The topological polar surface area (TPSA) is 86.7 Å². The minimum Gasteiger partial charge on any atom is -0.600 e. The van der Waals surface area contributed by atoms with Gasteiger partial charge >= 0.3 is 18.6 Å². The van der Waals surface area contributed by atoms with Crippen LogP contribution in [0.25, 0.3) is 0 Å². The lowest BCUT2D eigenvalue weighted by Crippen LogP contribution is -2.73. The van der Waals surface area contributed by atoms with Gasteiger partial charge in [0.25, 0.3) is 0 Å². The van der Waals surface area contributed by atoms with Gasteiger partial charge in [0.1, 0.15) is 24.7 Å². The number of benzene rings is 2. The van der Waals surface area contributed by atoms with Crippen molar-refractivity contribution in [1.82, 2.24) is 0 Å². The van der Waals surface area contributed by atoms with Crippen LogP contribution in [0.4, 0.5) is 0 Å². The van der Waals surface area contributed by atoms with Gasteiger partial charge in [-0.2, -0.15) is 0 Å². The van der Waals surface area contributed by atoms with Crippen molar-refractivity contribution in [3.8, 4) is 0 Å². The lowest BCUT2D eigenvalue weighted by atomic mass is 9.43. The summed E-state index contributed by atoms with van der Waals surface area (Å²) in [6.07, 6.45) is 18.6. The van der Waals surface area contributed by atoms with Crippen molar-refractivity contribution >= 4 is 30.2 Å². The summed E-state index contributed by atoms with van der Waals surface area (Å²) in [6, 6.07) is 14.8. The van der Waals surface area contributed by atoms with Crippen LogP contribution in [0.15, 0.2) is 36.4 Å². The third kappa shape index (κ3) is 6.57. The molecule has 11 aliphatic carbocycles. The standard InChI is InChI=1S/C22H28O.C19H24O.C18H28BNO4/c1-13-11-19(13)15-3-5-16-14(12-15)4-6-18-17(16)9-10-22(2)20(18)7-8-21(22)23;1-12-3-5-14-13(11-12)4-6-16-15(14)9-10-19(2)17(16)7-8-18(19)20;1-10-5-14(10)19-20(8-16(21)23-19,9-17(22)24-19)15-7-12-6-13(11(15)2)18(12,3)4/h3,5,12-13,17-20H,4,6-11H2,1-2H3;3,5,11,15-17H,4,6-10H2,1-2H3;10-15H,5-9H2,1-4H3/t13?,17-,18-,19?,20+,22+;15-,16-,17+,19+;10?,11-,12?,13-,14?,15-,19?,20?/m110/s1. The summed E-state index contributed by atoms with van der Waals surface area (Å²) >= 11 is 0. The molecule has 0 radical (unpaired) electrons. The van der Waals surface area contributed by atoms with Crippen molar-refractivity contribution in [2.75, 3.05) is 13.1 Å². The van der Waals surface area contributed by atoms with Crippen LogP contribution in [0.2, 0.25) is 5.82 Å². The second-order valence-electron chi connectivity index (χ2n) is 26.7. The molecule has 2 bridgehead atoms. The molecule has 360 valence electrons. The molecule has 2 heterocycles. The molecular formula is C59H80BNO6. The molecule has 11 fully saturated rings. The molecule has 0 N–H and O–H groups in total. The van der Waals surface area contributed by atoms with Gasteiger partial charge in [-0.15, -0.1) is 0 Å². The summed E-state index contributed by atoms with van der Waals surface area (Å²) in [5.74, 6) is 9.43. The summed E-state index contributed by atoms with van der Waals surface area (Å²) in [4.78, 5) is 49.4. The van der Waals surface area contributed by atoms with Crippen molar-refractivity contribution in [3.05, 3.63) is 69.8 Å². The van der Waals surface area contributed by atoms with Gasteiger partial charge in [-0.25, -0.2) is 0 Å².